The summed E-state index contributed by atoms with van der Waals surface area (Å²) in [6, 6.07) is 9.88. The molecule has 0 saturated heterocycles. The van der Waals surface area contributed by atoms with Crippen molar-refractivity contribution in [1.29, 1.82) is 0 Å². The van der Waals surface area contributed by atoms with E-state index in [4.69, 9.17) is 5.73 Å². The lowest BCUT2D eigenvalue weighted by molar-refractivity contribution is 0.584. The molecule has 68 valence electrons. The lowest BCUT2D eigenvalue weighted by atomic mass is 10.1. The first-order valence-corrected chi connectivity index (χ1v) is 4.52. The zero-order valence-corrected chi connectivity index (χ0v) is 8.12. The molecule has 1 rings (SSSR count). The summed E-state index contributed by atoms with van der Waals surface area (Å²) < 4.78 is 0. The third-order valence-corrected chi connectivity index (χ3v) is 1.88. The molecule has 0 aliphatic heterocycles. The van der Waals surface area contributed by atoms with E-state index in [0.29, 0.717) is 5.92 Å². The fraction of sp³-hybridized carbons (Fsp3) is 0.333. The topological polar surface area (TPSA) is 26.0 Å². The standard InChI is InChI=1S/C12H15N/c1-10(2)12(13)9-8-11-6-4-3-5-7-11/h3-7,10,12H,13H2,1-2H3/t12-/m1/s1. The van der Waals surface area contributed by atoms with Crippen LogP contribution in [-0.4, -0.2) is 6.04 Å². The molecule has 13 heavy (non-hydrogen) atoms. The van der Waals surface area contributed by atoms with Gasteiger partial charge in [-0.3, -0.25) is 0 Å². The Bertz CT molecular complexity index is 303. The van der Waals surface area contributed by atoms with Gasteiger partial charge in [0.15, 0.2) is 0 Å². The molecule has 0 aliphatic rings. The van der Waals surface area contributed by atoms with Crippen molar-refractivity contribution < 1.29 is 0 Å². The lowest BCUT2D eigenvalue weighted by Crippen LogP contribution is -2.23. The molecule has 0 radical (unpaired) electrons. The molecule has 0 spiro atoms. The Morgan fingerprint density at radius 3 is 2.31 bits per heavy atom. The summed E-state index contributed by atoms with van der Waals surface area (Å²) in [4.78, 5) is 0. The minimum absolute atomic E-state index is 0.0276. The van der Waals surface area contributed by atoms with Crippen LogP contribution < -0.4 is 5.73 Å². The van der Waals surface area contributed by atoms with Gasteiger partial charge < -0.3 is 5.73 Å². The summed E-state index contributed by atoms with van der Waals surface area (Å²) in [7, 11) is 0. The highest BCUT2D eigenvalue weighted by molar-refractivity contribution is 5.34. The van der Waals surface area contributed by atoms with Crippen LogP contribution in [0.4, 0.5) is 0 Å². The highest BCUT2D eigenvalue weighted by atomic mass is 14.6. The van der Waals surface area contributed by atoms with Gasteiger partial charge in [0.1, 0.15) is 0 Å². The van der Waals surface area contributed by atoms with Crippen LogP contribution in [0.15, 0.2) is 30.3 Å². The molecule has 0 amide bonds. The normalized spacial score (nSPS) is 12.0. The van der Waals surface area contributed by atoms with Crippen LogP contribution in [0.2, 0.25) is 0 Å². The Kier molecular flexibility index (Phi) is 3.54. The summed E-state index contributed by atoms with van der Waals surface area (Å²) in [5.41, 5.74) is 6.82. The molecular formula is C12H15N. The highest BCUT2D eigenvalue weighted by Gasteiger charge is 2.01. The van der Waals surface area contributed by atoms with Gasteiger partial charge in [-0.2, -0.15) is 0 Å². The maximum atomic E-state index is 5.79. The van der Waals surface area contributed by atoms with Crippen LogP contribution in [0.25, 0.3) is 0 Å². The third kappa shape index (κ3) is 3.31. The second-order valence-corrected chi connectivity index (χ2v) is 3.41. The largest absolute Gasteiger partial charge is 0.317 e. The van der Waals surface area contributed by atoms with Crippen LogP contribution in [0.5, 0.6) is 0 Å². The van der Waals surface area contributed by atoms with Crippen molar-refractivity contribution in [3.63, 3.8) is 0 Å². The van der Waals surface area contributed by atoms with Crippen LogP contribution in [0, 0.1) is 17.8 Å². The minimum atomic E-state index is -0.0276. The van der Waals surface area contributed by atoms with Crippen molar-refractivity contribution in [3.8, 4) is 11.8 Å². The molecule has 0 bridgehead atoms. The van der Waals surface area contributed by atoms with Crippen molar-refractivity contribution in [3.05, 3.63) is 35.9 Å². The molecular weight excluding hydrogens is 158 g/mol. The summed E-state index contributed by atoms with van der Waals surface area (Å²) in [6.07, 6.45) is 0. The SMILES string of the molecule is CC(C)[C@H](N)C#Cc1ccccc1. The molecule has 0 aromatic heterocycles. The Labute approximate surface area is 80.0 Å². The van der Waals surface area contributed by atoms with E-state index < -0.39 is 0 Å². The Morgan fingerprint density at radius 2 is 1.77 bits per heavy atom. The maximum absolute atomic E-state index is 5.79. The van der Waals surface area contributed by atoms with Gasteiger partial charge in [0.2, 0.25) is 0 Å². The van der Waals surface area contributed by atoms with Gasteiger partial charge in [0.05, 0.1) is 6.04 Å². The quantitative estimate of drug-likeness (QED) is 0.646. The van der Waals surface area contributed by atoms with E-state index in [0.717, 1.165) is 5.56 Å². The lowest BCUT2D eigenvalue weighted by Gasteiger charge is -2.06. The van der Waals surface area contributed by atoms with E-state index in [1.54, 1.807) is 0 Å². The minimum Gasteiger partial charge on any atom is -0.317 e. The van der Waals surface area contributed by atoms with E-state index in [-0.39, 0.29) is 6.04 Å². The average molecular weight is 173 g/mol. The molecule has 0 heterocycles. The first-order valence-electron chi connectivity index (χ1n) is 4.52. The molecule has 0 aliphatic carbocycles. The molecule has 0 fully saturated rings. The Hall–Kier alpha value is -1.26. The number of hydrogen-bond donors (Lipinski definition) is 1. The highest BCUT2D eigenvalue weighted by Crippen LogP contribution is 1.98. The summed E-state index contributed by atoms with van der Waals surface area (Å²) in [6.45, 7) is 4.15. The third-order valence-electron chi connectivity index (χ3n) is 1.88. The van der Waals surface area contributed by atoms with Crippen LogP contribution in [0.3, 0.4) is 0 Å². The Balaban J connectivity index is 2.68. The van der Waals surface area contributed by atoms with Gasteiger partial charge >= 0.3 is 0 Å². The molecule has 1 aromatic carbocycles. The average Bonchev–Trinajstić information content (AvgIpc) is 2.15. The fourth-order valence-electron chi connectivity index (χ4n) is 0.855. The van der Waals surface area contributed by atoms with Crippen LogP contribution in [0.1, 0.15) is 19.4 Å². The van der Waals surface area contributed by atoms with Crippen molar-refractivity contribution in [2.24, 2.45) is 11.7 Å². The van der Waals surface area contributed by atoms with E-state index >= 15 is 0 Å². The fourth-order valence-corrected chi connectivity index (χ4v) is 0.855. The van der Waals surface area contributed by atoms with Gasteiger partial charge in [-0.05, 0) is 18.1 Å². The predicted octanol–water partition coefficient (Wildman–Crippen LogP) is 2.02. The second kappa shape index (κ2) is 4.69. The smallest absolute Gasteiger partial charge is 0.0691 e. The molecule has 1 nitrogen and oxygen atoms in total. The monoisotopic (exact) mass is 173 g/mol. The van der Waals surface area contributed by atoms with Crippen molar-refractivity contribution in [1.82, 2.24) is 0 Å². The molecule has 2 N–H and O–H groups in total. The van der Waals surface area contributed by atoms with E-state index in [1.807, 2.05) is 30.3 Å². The molecule has 0 unspecified atom stereocenters. The van der Waals surface area contributed by atoms with Gasteiger partial charge in [0, 0.05) is 5.56 Å². The molecule has 1 aromatic rings. The van der Waals surface area contributed by atoms with Gasteiger partial charge in [0.25, 0.3) is 0 Å². The first kappa shape index (κ1) is 9.83. The van der Waals surface area contributed by atoms with E-state index in [2.05, 4.69) is 25.7 Å². The molecule has 1 atom stereocenters. The van der Waals surface area contributed by atoms with E-state index in [1.165, 1.54) is 0 Å². The second-order valence-electron chi connectivity index (χ2n) is 3.41. The number of rotatable bonds is 1. The molecule has 1 heteroatoms. The van der Waals surface area contributed by atoms with Crippen LogP contribution in [-0.2, 0) is 0 Å². The Morgan fingerprint density at radius 1 is 1.15 bits per heavy atom. The first-order chi connectivity index (χ1) is 6.20. The van der Waals surface area contributed by atoms with Crippen LogP contribution >= 0.6 is 0 Å². The number of nitrogens with two attached hydrogens (primary N) is 1. The summed E-state index contributed by atoms with van der Waals surface area (Å²) in [5, 5.41) is 0. The maximum Gasteiger partial charge on any atom is 0.0691 e. The van der Waals surface area contributed by atoms with Gasteiger partial charge in [-0.15, -0.1) is 0 Å². The predicted molar refractivity (Wildman–Crippen MR) is 56.1 cm³/mol. The zero-order chi connectivity index (χ0) is 9.68. The summed E-state index contributed by atoms with van der Waals surface area (Å²) in [5.74, 6) is 6.49. The molecule has 0 saturated carbocycles. The van der Waals surface area contributed by atoms with Crippen molar-refractivity contribution in [2.75, 3.05) is 0 Å². The zero-order valence-electron chi connectivity index (χ0n) is 8.12. The number of benzene rings is 1. The van der Waals surface area contributed by atoms with Gasteiger partial charge in [-0.1, -0.05) is 43.9 Å². The van der Waals surface area contributed by atoms with E-state index in [9.17, 15) is 0 Å². The van der Waals surface area contributed by atoms with Crippen molar-refractivity contribution in [2.45, 2.75) is 19.9 Å². The van der Waals surface area contributed by atoms with Crippen molar-refractivity contribution >= 4 is 0 Å². The van der Waals surface area contributed by atoms with Gasteiger partial charge in [-0.25, -0.2) is 0 Å². The number of hydrogen-bond acceptors (Lipinski definition) is 1. The summed E-state index contributed by atoms with van der Waals surface area (Å²) >= 11 is 0.